The van der Waals surface area contributed by atoms with E-state index in [1.54, 1.807) is 36.8 Å². The number of anilines is 4. The van der Waals surface area contributed by atoms with E-state index in [1.165, 1.54) is 4.90 Å². The van der Waals surface area contributed by atoms with Crippen molar-refractivity contribution >= 4 is 56.2 Å². The van der Waals surface area contributed by atoms with Gasteiger partial charge in [0.15, 0.2) is 5.65 Å². The second kappa shape index (κ2) is 12.8. The lowest BCUT2D eigenvalue weighted by molar-refractivity contribution is -0.122. The number of nitrogens with one attached hydrogen (secondary N) is 2. The van der Waals surface area contributed by atoms with Crippen LogP contribution in [-0.4, -0.2) is 101 Å². The van der Waals surface area contributed by atoms with Crippen LogP contribution < -0.4 is 15.5 Å². The standard InChI is InChI=1S/C37H41B2N11O2/c1-6-28-34-25(18-40-49(34)23-19-48(20-23)37(38,39)29-15-9-14-27(41-29)36(52)46(3)4)24-12-8-13-26(33(24)47(28)5)42-32-17-30(44-35(51)22-10-7-11-22)43-31-16-21(2)45-50(31)32/h8-9,12-18,22-23,28,42H,6-7,10-11,19-20H2,1-5H3,(H,43,44,51). The van der Waals surface area contributed by atoms with Gasteiger partial charge in [0.25, 0.3) is 5.91 Å². The van der Waals surface area contributed by atoms with E-state index in [0.29, 0.717) is 41.8 Å². The molecule has 5 aromatic rings. The molecule has 2 fully saturated rings. The summed E-state index contributed by atoms with van der Waals surface area (Å²) in [5.41, 5.74) is 7.45. The highest BCUT2D eigenvalue weighted by Gasteiger charge is 2.43. The number of rotatable bonds is 9. The Morgan fingerprint density at radius 3 is 2.52 bits per heavy atom. The topological polar surface area (TPSA) is 129 Å². The third-order valence-corrected chi connectivity index (χ3v) is 10.7. The molecule has 2 N–H and O–H groups in total. The molecule has 52 heavy (non-hydrogen) atoms. The van der Waals surface area contributed by atoms with Crippen molar-refractivity contribution in [3.63, 3.8) is 0 Å². The van der Waals surface area contributed by atoms with E-state index < -0.39 is 5.34 Å². The molecular weight excluding hydrogens is 652 g/mol. The SMILES string of the molecule is [B]C([B])(c1cccc(C(=O)N(C)C)n1)N1CC(n2ncc3c2C(CC)N(C)c2c(Nc4cc(NC(=O)C5CCC5)nc5cc(C)nn45)cccc2-3)C1. The number of benzene rings is 1. The maximum atomic E-state index is 12.8. The first-order valence-electron chi connectivity index (χ1n) is 17.9. The zero-order chi connectivity index (χ0) is 36.5. The highest BCUT2D eigenvalue weighted by atomic mass is 16.2. The molecule has 2 aliphatic heterocycles. The Morgan fingerprint density at radius 2 is 1.81 bits per heavy atom. The Hall–Kier alpha value is -5.17. The number of carbonyl (C=O) groups excluding carboxylic acids is 2. The second-order valence-electron chi connectivity index (χ2n) is 14.4. The van der Waals surface area contributed by atoms with E-state index in [4.69, 9.17) is 30.9 Å². The molecule has 13 nitrogen and oxygen atoms in total. The highest BCUT2D eigenvalue weighted by Crippen LogP contribution is 2.50. The molecule has 1 atom stereocenters. The third kappa shape index (κ3) is 5.62. The molecule has 262 valence electrons. The number of fused-ring (bicyclic) bond motifs is 4. The lowest BCUT2D eigenvalue weighted by Gasteiger charge is -2.50. The van der Waals surface area contributed by atoms with Crippen LogP contribution in [0.15, 0.2) is 54.7 Å². The second-order valence-corrected chi connectivity index (χ2v) is 14.4. The molecular formula is C37H41B2N11O2. The number of aromatic nitrogens is 6. The Kier molecular flexibility index (Phi) is 8.36. The first kappa shape index (κ1) is 33.9. The van der Waals surface area contributed by atoms with Crippen LogP contribution in [0.5, 0.6) is 0 Å². The van der Waals surface area contributed by atoms with Crippen molar-refractivity contribution in [1.29, 1.82) is 0 Å². The van der Waals surface area contributed by atoms with Gasteiger partial charge < -0.3 is 25.3 Å². The molecule has 0 spiro atoms. The van der Waals surface area contributed by atoms with E-state index in [0.717, 1.165) is 59.6 Å². The number of hydrogen-bond acceptors (Lipinski definition) is 9. The van der Waals surface area contributed by atoms with Crippen molar-refractivity contribution in [2.24, 2.45) is 5.92 Å². The largest absolute Gasteiger partial charge is 0.364 e. The molecule has 6 heterocycles. The number of likely N-dealkylation sites (tertiary alicyclic amines) is 1. The predicted octanol–water partition coefficient (Wildman–Crippen LogP) is 4.39. The van der Waals surface area contributed by atoms with Crippen LogP contribution >= 0.6 is 0 Å². The van der Waals surface area contributed by atoms with Gasteiger partial charge in [-0.15, -0.1) is 0 Å². The van der Waals surface area contributed by atoms with Gasteiger partial charge in [-0.3, -0.25) is 14.3 Å². The van der Waals surface area contributed by atoms with Gasteiger partial charge in [-0.1, -0.05) is 31.5 Å². The van der Waals surface area contributed by atoms with Crippen molar-refractivity contribution in [2.75, 3.05) is 49.8 Å². The van der Waals surface area contributed by atoms with E-state index >= 15 is 0 Å². The van der Waals surface area contributed by atoms with Gasteiger partial charge in [-0.25, -0.2) is 9.97 Å². The van der Waals surface area contributed by atoms with E-state index in [-0.39, 0.29) is 29.8 Å². The number of nitrogens with zero attached hydrogens (tertiary/aromatic N) is 9. The number of aryl methyl sites for hydroxylation is 1. The van der Waals surface area contributed by atoms with E-state index in [1.807, 2.05) is 36.2 Å². The quantitative estimate of drug-likeness (QED) is 0.216. The zero-order valence-corrected chi connectivity index (χ0v) is 30.2. The van der Waals surface area contributed by atoms with Gasteiger partial charge in [0, 0.05) is 69.1 Å². The van der Waals surface area contributed by atoms with E-state index in [9.17, 15) is 9.59 Å². The summed E-state index contributed by atoms with van der Waals surface area (Å²) in [5.74, 6) is 1.05. The molecule has 1 saturated heterocycles. The average Bonchev–Trinajstić information content (AvgIpc) is 3.66. The van der Waals surface area contributed by atoms with Crippen LogP contribution in [0.25, 0.3) is 16.8 Å². The smallest absolute Gasteiger partial charge is 0.271 e. The molecule has 4 aromatic heterocycles. The van der Waals surface area contributed by atoms with Crippen molar-refractivity contribution < 1.29 is 9.59 Å². The number of pyridine rings is 1. The first-order chi connectivity index (χ1) is 24.9. The van der Waals surface area contributed by atoms with Crippen LogP contribution in [0.4, 0.5) is 23.0 Å². The summed E-state index contributed by atoms with van der Waals surface area (Å²) in [5, 5.41) is 15.0. The lowest BCUT2D eigenvalue weighted by atomic mass is 9.57. The molecule has 3 aliphatic rings. The molecule has 8 rings (SSSR count). The number of para-hydroxylation sites is 1. The zero-order valence-electron chi connectivity index (χ0n) is 30.2. The average molecular weight is 693 g/mol. The third-order valence-electron chi connectivity index (χ3n) is 10.7. The summed E-state index contributed by atoms with van der Waals surface area (Å²) >= 11 is 0. The Labute approximate surface area is 305 Å². The molecule has 2 amide bonds. The van der Waals surface area contributed by atoms with Crippen LogP contribution in [-0.2, 0) is 10.1 Å². The normalized spacial score (nSPS) is 17.6. The summed E-state index contributed by atoms with van der Waals surface area (Å²) in [6, 6.07) is 15.3. The molecule has 4 radical (unpaired) electrons. The highest BCUT2D eigenvalue weighted by molar-refractivity contribution is 6.39. The van der Waals surface area contributed by atoms with Gasteiger partial charge >= 0.3 is 0 Å². The molecule has 0 bridgehead atoms. The van der Waals surface area contributed by atoms with Crippen LogP contribution in [0.1, 0.15) is 72.3 Å². The van der Waals surface area contributed by atoms with Gasteiger partial charge in [0.2, 0.25) is 5.91 Å². The number of hydrogen-bond donors (Lipinski definition) is 2. The minimum atomic E-state index is -1.36. The molecule has 1 aromatic carbocycles. The summed E-state index contributed by atoms with van der Waals surface area (Å²) in [6.07, 6.45) is 5.72. The van der Waals surface area contributed by atoms with Gasteiger partial charge in [0.05, 0.1) is 56.7 Å². The molecule has 1 unspecified atom stereocenters. The summed E-state index contributed by atoms with van der Waals surface area (Å²) in [6.45, 7) is 5.26. The maximum absolute atomic E-state index is 12.8. The Bertz CT molecular complexity index is 2200. The number of carbonyl (C=O) groups is 2. The summed E-state index contributed by atoms with van der Waals surface area (Å²) in [7, 11) is 18.9. The minimum absolute atomic E-state index is 0.0120. The van der Waals surface area contributed by atoms with E-state index in [2.05, 4.69) is 51.3 Å². The molecule has 15 heteroatoms. The van der Waals surface area contributed by atoms with Crippen LogP contribution in [0.3, 0.4) is 0 Å². The van der Waals surface area contributed by atoms with Crippen molar-refractivity contribution in [3.05, 3.63) is 77.5 Å². The minimum Gasteiger partial charge on any atom is -0.364 e. The Morgan fingerprint density at radius 1 is 1.04 bits per heavy atom. The summed E-state index contributed by atoms with van der Waals surface area (Å²) < 4.78 is 3.91. The predicted molar refractivity (Wildman–Crippen MR) is 202 cm³/mol. The van der Waals surface area contributed by atoms with Crippen LogP contribution in [0, 0.1) is 12.8 Å². The monoisotopic (exact) mass is 693 g/mol. The van der Waals surface area contributed by atoms with Crippen molar-refractivity contribution in [3.8, 4) is 11.1 Å². The van der Waals surface area contributed by atoms with Crippen molar-refractivity contribution in [1.82, 2.24) is 39.2 Å². The fourth-order valence-corrected chi connectivity index (χ4v) is 7.61. The number of amides is 2. The van der Waals surface area contributed by atoms with Crippen LogP contribution in [0.2, 0.25) is 0 Å². The van der Waals surface area contributed by atoms with Gasteiger partial charge in [0.1, 0.15) is 17.3 Å². The first-order valence-corrected chi connectivity index (χ1v) is 17.9. The lowest BCUT2D eigenvalue weighted by Crippen LogP contribution is -2.60. The molecule has 1 saturated carbocycles. The summed E-state index contributed by atoms with van der Waals surface area (Å²) in [4.78, 5) is 40.4. The maximum Gasteiger partial charge on any atom is 0.271 e. The fraction of sp³-hybridized carbons (Fsp3) is 0.405. The Balaban J connectivity index is 1.08. The van der Waals surface area contributed by atoms with Gasteiger partial charge in [-0.05, 0) is 49.7 Å². The van der Waals surface area contributed by atoms with Crippen molar-refractivity contribution in [2.45, 2.75) is 57.0 Å². The molecule has 1 aliphatic carbocycles. The fourth-order valence-electron chi connectivity index (χ4n) is 7.61. The van der Waals surface area contributed by atoms with Gasteiger partial charge in [-0.2, -0.15) is 14.7 Å².